The molecule has 0 unspecified atom stereocenters. The van der Waals surface area contributed by atoms with Crippen LogP contribution in [0.15, 0.2) is 17.0 Å². The van der Waals surface area contributed by atoms with Crippen molar-refractivity contribution >= 4 is 21.7 Å². The molecule has 1 aliphatic rings. The standard InChI is InChI=1S/C10H14BrN3O/c11-8-5-12-7-14-9(8)13-6-10(1-2-10)3-4-15/h5,7,15H,1-4,6H2,(H,12,13,14). The second-order valence-corrected chi connectivity index (χ2v) is 4.90. The summed E-state index contributed by atoms with van der Waals surface area (Å²) in [5.41, 5.74) is 0.305. The molecule has 82 valence electrons. The molecule has 0 aliphatic heterocycles. The molecule has 1 heterocycles. The SMILES string of the molecule is OCCC1(CNc2ncncc2Br)CC1. The van der Waals surface area contributed by atoms with Gasteiger partial charge < -0.3 is 10.4 Å². The molecule has 5 heteroatoms. The van der Waals surface area contributed by atoms with Crippen LogP contribution in [0.25, 0.3) is 0 Å². The molecular formula is C10H14BrN3O. The average molecular weight is 272 g/mol. The van der Waals surface area contributed by atoms with E-state index in [0.29, 0.717) is 5.41 Å². The van der Waals surface area contributed by atoms with Gasteiger partial charge in [-0.25, -0.2) is 9.97 Å². The van der Waals surface area contributed by atoms with Crippen molar-refractivity contribution in [3.05, 3.63) is 17.0 Å². The number of aliphatic hydroxyl groups is 1. The maximum absolute atomic E-state index is 8.93. The Labute approximate surface area is 97.3 Å². The Bertz CT molecular complexity index is 341. The number of nitrogens with one attached hydrogen (secondary N) is 1. The maximum atomic E-state index is 8.93. The Hall–Kier alpha value is -0.680. The van der Waals surface area contributed by atoms with E-state index in [9.17, 15) is 0 Å². The minimum atomic E-state index is 0.270. The molecule has 1 aliphatic carbocycles. The first-order chi connectivity index (χ1) is 7.26. The van der Waals surface area contributed by atoms with Crippen LogP contribution >= 0.6 is 15.9 Å². The van der Waals surface area contributed by atoms with Crippen LogP contribution in [0.5, 0.6) is 0 Å². The van der Waals surface area contributed by atoms with Gasteiger partial charge in [-0.2, -0.15) is 0 Å². The van der Waals surface area contributed by atoms with Crippen molar-refractivity contribution in [3.63, 3.8) is 0 Å². The van der Waals surface area contributed by atoms with Crippen molar-refractivity contribution in [2.24, 2.45) is 5.41 Å². The summed E-state index contributed by atoms with van der Waals surface area (Å²) in [5.74, 6) is 0.828. The number of hydrogen-bond acceptors (Lipinski definition) is 4. The van der Waals surface area contributed by atoms with Crippen LogP contribution in [0.3, 0.4) is 0 Å². The van der Waals surface area contributed by atoms with Gasteiger partial charge in [-0.15, -0.1) is 0 Å². The molecule has 1 saturated carbocycles. The van der Waals surface area contributed by atoms with Gasteiger partial charge in [0.05, 0.1) is 4.47 Å². The van der Waals surface area contributed by atoms with Crippen LogP contribution < -0.4 is 5.32 Å². The van der Waals surface area contributed by atoms with Gasteiger partial charge in [0.1, 0.15) is 12.1 Å². The highest BCUT2D eigenvalue weighted by Gasteiger charge is 2.41. The van der Waals surface area contributed by atoms with Crippen LogP contribution in [0, 0.1) is 5.41 Å². The lowest BCUT2D eigenvalue weighted by atomic mass is 10.0. The largest absolute Gasteiger partial charge is 0.396 e. The summed E-state index contributed by atoms with van der Waals surface area (Å²) < 4.78 is 0.879. The first-order valence-electron chi connectivity index (χ1n) is 5.06. The van der Waals surface area contributed by atoms with Gasteiger partial charge in [-0.05, 0) is 40.6 Å². The number of rotatable bonds is 5. The molecule has 1 fully saturated rings. The fraction of sp³-hybridized carbons (Fsp3) is 0.600. The molecule has 4 nitrogen and oxygen atoms in total. The van der Waals surface area contributed by atoms with E-state index in [4.69, 9.17) is 5.11 Å². The summed E-state index contributed by atoms with van der Waals surface area (Å²) in [5, 5.41) is 12.2. The number of anilines is 1. The van der Waals surface area contributed by atoms with Gasteiger partial charge in [0.25, 0.3) is 0 Å². The molecule has 0 saturated heterocycles. The summed E-state index contributed by atoms with van der Waals surface area (Å²) in [6.45, 7) is 1.15. The van der Waals surface area contributed by atoms with Gasteiger partial charge >= 0.3 is 0 Å². The lowest BCUT2D eigenvalue weighted by Crippen LogP contribution is -2.17. The molecule has 2 N–H and O–H groups in total. The smallest absolute Gasteiger partial charge is 0.143 e. The van der Waals surface area contributed by atoms with E-state index in [1.165, 1.54) is 19.2 Å². The number of aromatic nitrogens is 2. The highest BCUT2D eigenvalue weighted by Crippen LogP contribution is 2.48. The van der Waals surface area contributed by atoms with E-state index in [2.05, 4.69) is 31.2 Å². The maximum Gasteiger partial charge on any atom is 0.143 e. The first kappa shape index (κ1) is 10.8. The van der Waals surface area contributed by atoms with E-state index >= 15 is 0 Å². The molecule has 1 aromatic rings. The van der Waals surface area contributed by atoms with Crippen molar-refractivity contribution in [3.8, 4) is 0 Å². The van der Waals surface area contributed by atoms with Crippen molar-refractivity contribution in [1.29, 1.82) is 0 Å². The molecular weight excluding hydrogens is 258 g/mol. The number of halogens is 1. The third-order valence-corrected chi connectivity index (χ3v) is 3.48. The summed E-state index contributed by atoms with van der Waals surface area (Å²) >= 11 is 3.39. The quantitative estimate of drug-likeness (QED) is 0.858. The first-order valence-corrected chi connectivity index (χ1v) is 5.85. The third-order valence-electron chi connectivity index (χ3n) is 2.90. The van der Waals surface area contributed by atoms with Crippen molar-refractivity contribution in [1.82, 2.24) is 9.97 Å². The summed E-state index contributed by atoms with van der Waals surface area (Å²) in [6, 6.07) is 0. The molecule has 0 amide bonds. The second kappa shape index (κ2) is 4.45. The topological polar surface area (TPSA) is 58.0 Å². The van der Waals surface area contributed by atoms with Crippen molar-refractivity contribution in [2.75, 3.05) is 18.5 Å². The fourth-order valence-corrected chi connectivity index (χ4v) is 2.00. The van der Waals surface area contributed by atoms with E-state index in [0.717, 1.165) is 23.3 Å². The van der Waals surface area contributed by atoms with Crippen molar-refractivity contribution < 1.29 is 5.11 Å². The van der Waals surface area contributed by atoms with Gasteiger partial charge in [-0.3, -0.25) is 0 Å². The lowest BCUT2D eigenvalue weighted by molar-refractivity contribution is 0.253. The number of hydrogen-bond donors (Lipinski definition) is 2. The second-order valence-electron chi connectivity index (χ2n) is 4.05. The normalized spacial score (nSPS) is 17.5. The Morgan fingerprint density at radius 2 is 2.33 bits per heavy atom. The average Bonchev–Trinajstić information content (AvgIpc) is 2.98. The highest BCUT2D eigenvalue weighted by molar-refractivity contribution is 9.10. The number of nitrogens with zero attached hydrogens (tertiary/aromatic N) is 2. The zero-order valence-electron chi connectivity index (χ0n) is 8.41. The summed E-state index contributed by atoms with van der Waals surface area (Å²) in [4.78, 5) is 8.04. The lowest BCUT2D eigenvalue weighted by Gasteiger charge is -2.15. The minimum Gasteiger partial charge on any atom is -0.396 e. The summed E-state index contributed by atoms with van der Waals surface area (Å²) in [6.07, 6.45) is 6.52. The molecule has 2 rings (SSSR count). The minimum absolute atomic E-state index is 0.270. The van der Waals surface area contributed by atoms with Crippen LogP contribution in [0.1, 0.15) is 19.3 Å². The molecule has 0 atom stereocenters. The molecule has 0 aromatic carbocycles. The molecule has 15 heavy (non-hydrogen) atoms. The van der Waals surface area contributed by atoms with Crippen molar-refractivity contribution in [2.45, 2.75) is 19.3 Å². The van der Waals surface area contributed by atoms with Gasteiger partial charge in [0.2, 0.25) is 0 Å². The summed E-state index contributed by atoms with van der Waals surface area (Å²) in [7, 11) is 0. The Kier molecular flexibility index (Phi) is 3.21. The fourth-order valence-electron chi connectivity index (χ4n) is 1.64. The van der Waals surface area contributed by atoms with E-state index in [1.54, 1.807) is 6.20 Å². The Morgan fingerprint density at radius 3 is 2.93 bits per heavy atom. The molecule has 0 spiro atoms. The monoisotopic (exact) mass is 271 g/mol. The predicted molar refractivity (Wildman–Crippen MR) is 61.6 cm³/mol. The zero-order chi connectivity index (χ0) is 10.7. The van der Waals surface area contributed by atoms with Gasteiger partial charge in [0.15, 0.2) is 0 Å². The molecule has 1 aromatic heterocycles. The van der Waals surface area contributed by atoms with E-state index in [-0.39, 0.29) is 6.61 Å². The van der Waals surface area contributed by atoms with Gasteiger partial charge in [0, 0.05) is 19.3 Å². The Balaban J connectivity index is 1.91. The third kappa shape index (κ3) is 2.66. The predicted octanol–water partition coefficient (Wildman–Crippen LogP) is 1.81. The highest BCUT2D eigenvalue weighted by atomic mass is 79.9. The molecule has 0 bridgehead atoms. The zero-order valence-corrected chi connectivity index (χ0v) is 10.00. The van der Waals surface area contributed by atoms with E-state index in [1.807, 2.05) is 0 Å². The van der Waals surface area contributed by atoms with Crippen LogP contribution in [-0.4, -0.2) is 28.2 Å². The van der Waals surface area contributed by atoms with Crippen LogP contribution in [0.4, 0.5) is 5.82 Å². The number of aliphatic hydroxyl groups excluding tert-OH is 1. The van der Waals surface area contributed by atoms with Gasteiger partial charge in [-0.1, -0.05) is 0 Å². The van der Waals surface area contributed by atoms with E-state index < -0.39 is 0 Å². The van der Waals surface area contributed by atoms with Crippen LogP contribution in [0.2, 0.25) is 0 Å². The Morgan fingerprint density at radius 1 is 1.53 bits per heavy atom. The van der Waals surface area contributed by atoms with Crippen LogP contribution in [-0.2, 0) is 0 Å². The molecule has 0 radical (unpaired) electrons.